The van der Waals surface area contributed by atoms with Crippen LogP contribution in [0.25, 0.3) is 0 Å². The van der Waals surface area contributed by atoms with E-state index in [1.54, 1.807) is 11.9 Å². The Hall–Kier alpha value is -2.54. The minimum atomic E-state index is -1.61. The van der Waals surface area contributed by atoms with E-state index >= 15 is 0 Å². The third-order valence-corrected chi connectivity index (χ3v) is 3.49. The number of ether oxygens (including phenoxy) is 1. The van der Waals surface area contributed by atoms with Gasteiger partial charge in [-0.25, -0.2) is 13.2 Å². The first kappa shape index (κ1) is 18.8. The highest BCUT2D eigenvalue weighted by Crippen LogP contribution is 2.19. The Bertz CT molecular complexity index is 736. The number of likely N-dealkylation sites (N-methyl/N-ethyl adjacent to an activating group) is 1. The summed E-state index contributed by atoms with van der Waals surface area (Å²) in [5.74, 6) is -4.15. The number of hydrogen-bond donors (Lipinski definition) is 1. The molecule has 2 rings (SSSR count). The molecule has 0 heterocycles. The number of halogens is 3. The maximum Gasteiger partial charge on any atom is 0.238 e. The van der Waals surface area contributed by atoms with Gasteiger partial charge in [0.05, 0.1) is 12.2 Å². The van der Waals surface area contributed by atoms with Crippen LogP contribution in [-0.2, 0) is 4.79 Å². The van der Waals surface area contributed by atoms with Gasteiger partial charge in [-0.05, 0) is 38.2 Å². The Balaban J connectivity index is 1.78. The molecule has 0 aliphatic rings. The lowest BCUT2D eigenvalue weighted by molar-refractivity contribution is -0.117. The van der Waals surface area contributed by atoms with Gasteiger partial charge in [-0.15, -0.1) is 0 Å². The zero-order valence-corrected chi connectivity index (χ0v) is 14.0. The van der Waals surface area contributed by atoms with Crippen molar-refractivity contribution in [2.24, 2.45) is 0 Å². The van der Waals surface area contributed by atoms with Crippen LogP contribution in [-0.4, -0.2) is 37.6 Å². The van der Waals surface area contributed by atoms with E-state index in [0.29, 0.717) is 13.2 Å². The van der Waals surface area contributed by atoms with Crippen molar-refractivity contribution in [2.45, 2.75) is 6.92 Å². The van der Waals surface area contributed by atoms with E-state index in [0.717, 1.165) is 23.4 Å². The minimum Gasteiger partial charge on any atom is -0.492 e. The molecule has 4 nitrogen and oxygen atoms in total. The second-order valence-corrected chi connectivity index (χ2v) is 5.67. The fourth-order valence-corrected chi connectivity index (χ4v) is 2.09. The van der Waals surface area contributed by atoms with Crippen LogP contribution in [0, 0.1) is 24.4 Å². The number of carbonyl (C=O) groups is 1. The van der Waals surface area contributed by atoms with Crippen LogP contribution in [0.15, 0.2) is 36.4 Å². The van der Waals surface area contributed by atoms with Crippen molar-refractivity contribution < 1.29 is 22.7 Å². The Labute approximate surface area is 144 Å². The van der Waals surface area contributed by atoms with Gasteiger partial charge in [-0.1, -0.05) is 17.7 Å². The van der Waals surface area contributed by atoms with Gasteiger partial charge in [-0.2, -0.15) is 0 Å². The van der Waals surface area contributed by atoms with Crippen LogP contribution < -0.4 is 10.1 Å². The van der Waals surface area contributed by atoms with Crippen LogP contribution in [0.3, 0.4) is 0 Å². The van der Waals surface area contributed by atoms with Crippen molar-refractivity contribution in [2.75, 3.05) is 32.1 Å². The third-order valence-electron chi connectivity index (χ3n) is 3.49. The number of amides is 1. The molecular formula is C18H19F3N2O2. The number of carbonyl (C=O) groups excluding carboxylic acids is 1. The van der Waals surface area contributed by atoms with E-state index in [4.69, 9.17) is 4.74 Å². The van der Waals surface area contributed by atoms with Gasteiger partial charge in [0.1, 0.15) is 12.4 Å². The van der Waals surface area contributed by atoms with Crippen molar-refractivity contribution >= 4 is 11.6 Å². The van der Waals surface area contributed by atoms with E-state index in [9.17, 15) is 18.0 Å². The summed E-state index contributed by atoms with van der Waals surface area (Å²) < 4.78 is 45.1. The van der Waals surface area contributed by atoms with Gasteiger partial charge in [0.2, 0.25) is 5.91 Å². The maximum atomic E-state index is 13.5. The van der Waals surface area contributed by atoms with E-state index in [1.165, 1.54) is 0 Å². The zero-order chi connectivity index (χ0) is 18.4. The molecule has 0 spiro atoms. The third kappa shape index (κ3) is 5.49. The smallest absolute Gasteiger partial charge is 0.238 e. The maximum absolute atomic E-state index is 13.5. The van der Waals surface area contributed by atoms with E-state index < -0.39 is 29.0 Å². The summed E-state index contributed by atoms with van der Waals surface area (Å²) >= 11 is 0. The molecule has 25 heavy (non-hydrogen) atoms. The largest absolute Gasteiger partial charge is 0.492 e. The minimum absolute atomic E-state index is 0.0459. The Kier molecular flexibility index (Phi) is 6.41. The van der Waals surface area contributed by atoms with Gasteiger partial charge >= 0.3 is 0 Å². The fraction of sp³-hybridized carbons (Fsp3) is 0.278. The highest BCUT2D eigenvalue weighted by atomic mass is 19.2. The molecule has 1 N–H and O–H groups in total. The average molecular weight is 352 g/mol. The first-order chi connectivity index (χ1) is 11.9. The molecule has 0 saturated heterocycles. The van der Waals surface area contributed by atoms with Crippen LogP contribution in [0.1, 0.15) is 5.56 Å². The van der Waals surface area contributed by atoms with E-state index in [-0.39, 0.29) is 6.54 Å². The standard InChI is InChI=1S/C18H19F3N2O2/c1-12-3-5-13(6-4-12)25-10-9-23(2)11-16(24)22-15-8-7-14(19)17(20)18(15)21/h3-8H,9-11H2,1-2H3,(H,22,24). The second kappa shape index (κ2) is 8.53. The lowest BCUT2D eigenvalue weighted by atomic mass is 10.2. The predicted octanol–water partition coefficient (Wildman–Crippen LogP) is 3.36. The molecule has 0 aliphatic carbocycles. The molecule has 0 atom stereocenters. The first-order valence-electron chi connectivity index (χ1n) is 7.68. The highest BCUT2D eigenvalue weighted by Gasteiger charge is 2.15. The van der Waals surface area contributed by atoms with Gasteiger partial charge in [0.15, 0.2) is 17.5 Å². The molecule has 0 fully saturated rings. The van der Waals surface area contributed by atoms with Crippen molar-refractivity contribution in [3.63, 3.8) is 0 Å². The molecule has 2 aromatic rings. The quantitative estimate of drug-likeness (QED) is 0.777. The van der Waals surface area contributed by atoms with E-state index in [1.807, 2.05) is 31.2 Å². The van der Waals surface area contributed by atoms with Gasteiger partial charge in [-0.3, -0.25) is 9.69 Å². The summed E-state index contributed by atoms with van der Waals surface area (Å²) in [4.78, 5) is 13.5. The molecule has 0 aromatic heterocycles. The molecule has 7 heteroatoms. The number of anilines is 1. The molecule has 0 radical (unpaired) electrons. The predicted molar refractivity (Wildman–Crippen MR) is 89.1 cm³/mol. The number of hydrogen-bond acceptors (Lipinski definition) is 3. The second-order valence-electron chi connectivity index (χ2n) is 5.67. The van der Waals surface area contributed by atoms with E-state index in [2.05, 4.69) is 5.32 Å². The Morgan fingerprint density at radius 2 is 1.76 bits per heavy atom. The summed E-state index contributed by atoms with van der Waals surface area (Å²) in [5, 5.41) is 2.22. The summed E-state index contributed by atoms with van der Waals surface area (Å²) in [7, 11) is 1.69. The van der Waals surface area contributed by atoms with Gasteiger partial charge < -0.3 is 10.1 Å². The average Bonchev–Trinajstić information content (AvgIpc) is 2.57. The van der Waals surface area contributed by atoms with Crippen LogP contribution in [0.2, 0.25) is 0 Å². The van der Waals surface area contributed by atoms with Crippen molar-refractivity contribution in [1.82, 2.24) is 4.90 Å². The highest BCUT2D eigenvalue weighted by molar-refractivity contribution is 5.92. The summed E-state index contributed by atoms with van der Waals surface area (Å²) in [6.45, 7) is 2.76. The summed E-state index contributed by atoms with van der Waals surface area (Å²) in [5.41, 5.74) is 0.735. The molecule has 0 bridgehead atoms. The normalized spacial score (nSPS) is 10.8. The monoisotopic (exact) mass is 352 g/mol. The molecule has 0 unspecified atom stereocenters. The lowest BCUT2D eigenvalue weighted by Crippen LogP contribution is -2.33. The fourth-order valence-electron chi connectivity index (χ4n) is 2.09. The van der Waals surface area contributed by atoms with Crippen LogP contribution in [0.4, 0.5) is 18.9 Å². The molecule has 1 amide bonds. The van der Waals surface area contributed by atoms with Crippen LogP contribution >= 0.6 is 0 Å². The van der Waals surface area contributed by atoms with Crippen LogP contribution in [0.5, 0.6) is 5.75 Å². The SMILES string of the molecule is Cc1ccc(OCCN(C)CC(=O)Nc2ccc(F)c(F)c2F)cc1. The number of aryl methyl sites for hydroxylation is 1. The van der Waals surface area contributed by atoms with Crippen molar-refractivity contribution in [3.05, 3.63) is 59.4 Å². The Morgan fingerprint density at radius 1 is 1.08 bits per heavy atom. The molecule has 134 valence electrons. The topological polar surface area (TPSA) is 41.6 Å². The van der Waals surface area contributed by atoms with Crippen molar-refractivity contribution in [1.29, 1.82) is 0 Å². The Morgan fingerprint density at radius 3 is 2.44 bits per heavy atom. The van der Waals surface area contributed by atoms with Crippen molar-refractivity contribution in [3.8, 4) is 5.75 Å². The molecule has 0 saturated carbocycles. The van der Waals surface area contributed by atoms with Gasteiger partial charge in [0.25, 0.3) is 0 Å². The number of rotatable bonds is 7. The molecular weight excluding hydrogens is 333 g/mol. The lowest BCUT2D eigenvalue weighted by Gasteiger charge is -2.17. The summed E-state index contributed by atoms with van der Waals surface area (Å²) in [6.07, 6.45) is 0. The first-order valence-corrected chi connectivity index (χ1v) is 7.68. The number of nitrogens with zero attached hydrogens (tertiary/aromatic N) is 1. The molecule has 0 aliphatic heterocycles. The summed E-state index contributed by atoms with van der Waals surface area (Å²) in [6, 6.07) is 9.31. The molecule has 2 aromatic carbocycles. The van der Waals surface area contributed by atoms with Gasteiger partial charge in [0, 0.05) is 6.54 Å². The number of nitrogens with one attached hydrogen (secondary N) is 1. The zero-order valence-electron chi connectivity index (χ0n) is 14.0. The number of benzene rings is 2.